The molecule has 0 saturated carbocycles. The summed E-state index contributed by atoms with van der Waals surface area (Å²) in [6.07, 6.45) is 5.89. The van der Waals surface area contributed by atoms with Crippen LogP contribution in [0.2, 0.25) is 0 Å². The number of amides is 1. The van der Waals surface area contributed by atoms with Crippen molar-refractivity contribution in [3.63, 3.8) is 0 Å². The molecule has 0 bridgehead atoms. The van der Waals surface area contributed by atoms with E-state index in [2.05, 4.69) is 26.8 Å². The molecule has 176 valence electrons. The Morgan fingerprint density at radius 3 is 2.50 bits per heavy atom. The quantitative estimate of drug-likeness (QED) is 0.399. The molecule has 0 aliphatic carbocycles. The molecule has 34 heavy (non-hydrogen) atoms. The normalized spacial score (nSPS) is 11.5. The summed E-state index contributed by atoms with van der Waals surface area (Å²) in [5.74, 6) is -0.209. The van der Waals surface area contributed by atoms with Crippen LogP contribution in [0.25, 0.3) is 11.0 Å². The molecule has 0 unspecified atom stereocenters. The van der Waals surface area contributed by atoms with E-state index in [4.69, 9.17) is 0 Å². The SMILES string of the molecule is CN(CCc1ccccn1)C(=O)c1cc(NS(C)(=O)=O)cc2ncn(CCc3ccccc3)c12. The topological polar surface area (TPSA) is 97.2 Å². The number of carbonyl (C=O) groups is 1. The number of aryl methyl sites for hydroxylation is 2. The number of nitrogens with zero attached hydrogens (tertiary/aromatic N) is 4. The number of imidazole rings is 1. The van der Waals surface area contributed by atoms with E-state index in [-0.39, 0.29) is 5.91 Å². The Bertz CT molecular complexity index is 1390. The number of hydrogen-bond acceptors (Lipinski definition) is 5. The average molecular weight is 478 g/mol. The summed E-state index contributed by atoms with van der Waals surface area (Å²) < 4.78 is 28.1. The number of pyridine rings is 1. The van der Waals surface area contributed by atoms with Crippen LogP contribution >= 0.6 is 0 Å². The van der Waals surface area contributed by atoms with E-state index in [1.54, 1.807) is 36.6 Å². The zero-order valence-corrected chi connectivity index (χ0v) is 20.0. The molecule has 2 aromatic carbocycles. The number of anilines is 1. The number of aromatic nitrogens is 3. The molecule has 1 amide bonds. The van der Waals surface area contributed by atoms with E-state index < -0.39 is 10.0 Å². The lowest BCUT2D eigenvalue weighted by Gasteiger charge is -2.19. The largest absolute Gasteiger partial charge is 0.341 e. The molecule has 0 aliphatic heterocycles. The Morgan fingerprint density at radius 2 is 1.79 bits per heavy atom. The van der Waals surface area contributed by atoms with Crippen LogP contribution in [0.15, 0.2) is 73.2 Å². The second kappa shape index (κ2) is 10.0. The first-order valence-corrected chi connectivity index (χ1v) is 12.9. The van der Waals surface area contributed by atoms with Crippen LogP contribution in [-0.2, 0) is 29.4 Å². The highest BCUT2D eigenvalue weighted by Gasteiger charge is 2.20. The first kappa shape index (κ1) is 23.4. The molecular weight excluding hydrogens is 450 g/mol. The van der Waals surface area contributed by atoms with E-state index >= 15 is 0 Å². The van der Waals surface area contributed by atoms with Crippen LogP contribution in [0.4, 0.5) is 5.69 Å². The first-order chi connectivity index (χ1) is 16.3. The van der Waals surface area contributed by atoms with Gasteiger partial charge in [0.25, 0.3) is 5.91 Å². The Balaban J connectivity index is 1.65. The van der Waals surface area contributed by atoms with Crippen molar-refractivity contribution in [2.75, 3.05) is 24.6 Å². The zero-order valence-electron chi connectivity index (χ0n) is 19.2. The predicted molar refractivity (Wildman–Crippen MR) is 133 cm³/mol. The van der Waals surface area contributed by atoms with Gasteiger partial charge in [0.2, 0.25) is 10.0 Å². The number of fused-ring (bicyclic) bond motifs is 1. The van der Waals surface area contributed by atoms with Gasteiger partial charge in [0.15, 0.2) is 0 Å². The van der Waals surface area contributed by atoms with E-state index in [9.17, 15) is 13.2 Å². The Labute approximate surface area is 199 Å². The molecule has 8 nitrogen and oxygen atoms in total. The third kappa shape index (κ3) is 5.79. The number of carbonyl (C=O) groups excluding carboxylic acids is 1. The van der Waals surface area contributed by atoms with Gasteiger partial charge in [-0.25, -0.2) is 13.4 Å². The van der Waals surface area contributed by atoms with Crippen molar-refractivity contribution in [2.45, 2.75) is 19.4 Å². The van der Waals surface area contributed by atoms with Gasteiger partial charge in [0.1, 0.15) is 0 Å². The van der Waals surface area contributed by atoms with Gasteiger partial charge >= 0.3 is 0 Å². The molecule has 4 rings (SSSR count). The van der Waals surface area contributed by atoms with E-state index in [0.29, 0.717) is 41.8 Å². The molecule has 0 radical (unpaired) electrons. The number of nitrogens with one attached hydrogen (secondary N) is 1. The van der Waals surface area contributed by atoms with Crippen LogP contribution in [0, 0.1) is 0 Å². The minimum atomic E-state index is -3.51. The molecule has 0 saturated heterocycles. The predicted octanol–water partition coefficient (Wildman–Crippen LogP) is 3.36. The van der Waals surface area contributed by atoms with Crippen molar-refractivity contribution in [1.29, 1.82) is 0 Å². The van der Waals surface area contributed by atoms with E-state index in [1.165, 1.54) is 5.56 Å². The molecule has 2 heterocycles. The van der Waals surface area contributed by atoms with Crippen molar-refractivity contribution in [2.24, 2.45) is 0 Å². The second-order valence-electron chi connectivity index (χ2n) is 8.24. The number of likely N-dealkylation sites (N-methyl/N-ethyl adjacent to an activating group) is 1. The minimum Gasteiger partial charge on any atom is -0.341 e. The van der Waals surface area contributed by atoms with Gasteiger partial charge in [-0.1, -0.05) is 36.4 Å². The Hall–Kier alpha value is -3.72. The minimum absolute atomic E-state index is 0.209. The Morgan fingerprint density at radius 1 is 1.03 bits per heavy atom. The van der Waals surface area contributed by atoms with E-state index in [0.717, 1.165) is 18.4 Å². The van der Waals surface area contributed by atoms with Crippen LogP contribution in [0.1, 0.15) is 21.6 Å². The summed E-state index contributed by atoms with van der Waals surface area (Å²) in [6.45, 7) is 1.11. The lowest BCUT2D eigenvalue weighted by Crippen LogP contribution is -2.29. The molecule has 0 aliphatic rings. The Kier molecular flexibility index (Phi) is 6.93. The fourth-order valence-corrected chi connectivity index (χ4v) is 4.39. The van der Waals surface area contributed by atoms with Crippen molar-refractivity contribution < 1.29 is 13.2 Å². The van der Waals surface area contributed by atoms with Crippen LogP contribution in [-0.4, -0.2) is 53.6 Å². The van der Waals surface area contributed by atoms with Gasteiger partial charge in [-0.3, -0.25) is 14.5 Å². The van der Waals surface area contributed by atoms with Crippen molar-refractivity contribution in [3.05, 3.63) is 90.0 Å². The van der Waals surface area contributed by atoms with Gasteiger partial charge in [0, 0.05) is 38.4 Å². The molecule has 0 fully saturated rings. The lowest BCUT2D eigenvalue weighted by atomic mass is 10.1. The summed E-state index contributed by atoms with van der Waals surface area (Å²) in [5.41, 5.74) is 4.03. The second-order valence-corrected chi connectivity index (χ2v) is 9.99. The smallest absolute Gasteiger partial charge is 0.255 e. The van der Waals surface area contributed by atoms with Gasteiger partial charge in [-0.15, -0.1) is 0 Å². The van der Waals surface area contributed by atoms with Crippen LogP contribution < -0.4 is 4.72 Å². The van der Waals surface area contributed by atoms with Gasteiger partial charge in [0.05, 0.1) is 34.9 Å². The highest BCUT2D eigenvalue weighted by molar-refractivity contribution is 7.92. The van der Waals surface area contributed by atoms with Crippen molar-refractivity contribution in [3.8, 4) is 0 Å². The monoisotopic (exact) mass is 477 g/mol. The summed E-state index contributed by atoms with van der Waals surface area (Å²) in [7, 11) is -1.78. The molecule has 9 heteroatoms. The fraction of sp³-hybridized carbons (Fsp3) is 0.240. The van der Waals surface area contributed by atoms with Gasteiger partial charge < -0.3 is 9.47 Å². The average Bonchev–Trinajstić information content (AvgIpc) is 3.23. The maximum Gasteiger partial charge on any atom is 0.255 e. The third-order valence-corrected chi connectivity index (χ3v) is 6.11. The van der Waals surface area contributed by atoms with Crippen molar-refractivity contribution in [1.82, 2.24) is 19.4 Å². The summed E-state index contributed by atoms with van der Waals surface area (Å²) in [6, 6.07) is 19.0. The highest BCUT2D eigenvalue weighted by atomic mass is 32.2. The highest BCUT2D eigenvalue weighted by Crippen LogP contribution is 2.26. The fourth-order valence-electron chi connectivity index (χ4n) is 3.84. The maximum atomic E-state index is 13.5. The molecule has 2 aromatic heterocycles. The van der Waals surface area contributed by atoms with Crippen molar-refractivity contribution >= 4 is 32.7 Å². The van der Waals surface area contributed by atoms with Crippen LogP contribution in [0.5, 0.6) is 0 Å². The summed E-state index contributed by atoms with van der Waals surface area (Å²) >= 11 is 0. The number of sulfonamides is 1. The van der Waals surface area contributed by atoms with E-state index in [1.807, 2.05) is 41.0 Å². The number of rotatable bonds is 9. The standard InChI is InChI=1S/C25H27N5O3S/c1-29(14-12-20-10-6-7-13-26-20)25(31)22-16-21(28-34(2,32)33)17-23-24(22)30(18-27-23)15-11-19-8-4-3-5-9-19/h3-10,13,16-18,28H,11-12,14-15H2,1-2H3. The van der Waals surface area contributed by atoms with Gasteiger partial charge in [-0.05, 0) is 36.2 Å². The van der Waals surface area contributed by atoms with Gasteiger partial charge in [-0.2, -0.15) is 0 Å². The zero-order chi connectivity index (χ0) is 24.1. The first-order valence-electron chi connectivity index (χ1n) is 11.0. The number of hydrogen-bond donors (Lipinski definition) is 1. The molecule has 0 spiro atoms. The summed E-state index contributed by atoms with van der Waals surface area (Å²) in [4.78, 5) is 23.9. The molecule has 4 aromatic rings. The summed E-state index contributed by atoms with van der Waals surface area (Å²) in [5, 5.41) is 0. The number of benzene rings is 2. The lowest BCUT2D eigenvalue weighted by molar-refractivity contribution is 0.0798. The molecule has 1 N–H and O–H groups in total. The molecular formula is C25H27N5O3S. The maximum absolute atomic E-state index is 13.5. The third-order valence-electron chi connectivity index (χ3n) is 5.51. The van der Waals surface area contributed by atoms with Crippen LogP contribution in [0.3, 0.4) is 0 Å². The molecule has 0 atom stereocenters.